The number of nitrogens with one attached hydrogen (secondary N) is 1. The zero-order valence-electron chi connectivity index (χ0n) is 18.7. The van der Waals surface area contributed by atoms with E-state index < -0.39 is 35.1 Å². The Morgan fingerprint density at radius 2 is 2.03 bits per heavy atom. The van der Waals surface area contributed by atoms with Crippen molar-refractivity contribution in [1.29, 1.82) is 0 Å². The van der Waals surface area contributed by atoms with Crippen molar-refractivity contribution in [3.63, 3.8) is 0 Å². The molecule has 0 fully saturated rings. The predicted octanol–water partition coefficient (Wildman–Crippen LogP) is 2.86. The summed E-state index contributed by atoms with van der Waals surface area (Å²) in [6.07, 6.45) is 3.93. The molecule has 1 unspecified atom stereocenters. The number of hydrogen-bond donors (Lipinski definition) is 5. The molecule has 2 heterocycles. The standard InChI is InChI=1S/C23H22ClF2N5O4/c1-10-9-28-20(27)18-17(30-22(31(10)18)23(2,34)35)13-6-7-14(16(26)15(13)25)29-21(33)19(32)11-4-3-5-12(24)8-11/h4,6-9,19,32,34-35H,3,5H2,1-2H3,(H2,27,28)(H,29,33). The summed E-state index contributed by atoms with van der Waals surface area (Å²) < 4.78 is 31.5. The number of benzene rings is 1. The molecule has 1 atom stereocenters. The summed E-state index contributed by atoms with van der Waals surface area (Å²) in [6, 6.07) is 2.24. The largest absolute Gasteiger partial charge is 0.382 e. The number of halogens is 3. The van der Waals surface area contributed by atoms with Gasteiger partial charge in [0.05, 0.1) is 5.69 Å². The second kappa shape index (κ2) is 9.00. The number of nitrogens with zero attached hydrogens (tertiary/aromatic N) is 3. The molecule has 184 valence electrons. The van der Waals surface area contributed by atoms with Crippen molar-refractivity contribution in [3.05, 3.63) is 64.2 Å². The molecule has 0 aliphatic heterocycles. The maximum absolute atomic E-state index is 15.2. The summed E-state index contributed by atoms with van der Waals surface area (Å²) in [6.45, 7) is 2.66. The monoisotopic (exact) mass is 505 g/mol. The van der Waals surface area contributed by atoms with Crippen LogP contribution in [0.2, 0.25) is 0 Å². The molecule has 1 amide bonds. The highest BCUT2D eigenvalue weighted by Crippen LogP contribution is 2.35. The minimum absolute atomic E-state index is 0.0488. The smallest absolute Gasteiger partial charge is 0.257 e. The molecule has 6 N–H and O–H groups in total. The fourth-order valence-corrected chi connectivity index (χ4v) is 4.08. The Morgan fingerprint density at radius 1 is 1.31 bits per heavy atom. The van der Waals surface area contributed by atoms with Crippen LogP contribution < -0.4 is 11.1 Å². The first-order chi connectivity index (χ1) is 16.4. The van der Waals surface area contributed by atoms with Gasteiger partial charge < -0.3 is 26.4 Å². The number of aromatic nitrogens is 3. The van der Waals surface area contributed by atoms with E-state index in [4.69, 9.17) is 17.3 Å². The number of rotatable bonds is 5. The number of aliphatic hydroxyl groups is 3. The van der Waals surface area contributed by atoms with E-state index >= 15 is 4.39 Å². The highest BCUT2D eigenvalue weighted by Gasteiger charge is 2.31. The van der Waals surface area contributed by atoms with Crippen molar-refractivity contribution in [2.24, 2.45) is 0 Å². The molecule has 0 saturated carbocycles. The summed E-state index contributed by atoms with van der Waals surface area (Å²) in [5.74, 6) is -6.55. The molecule has 0 spiro atoms. The van der Waals surface area contributed by atoms with Gasteiger partial charge in [-0.25, -0.2) is 18.7 Å². The van der Waals surface area contributed by atoms with Crippen LogP contribution in [-0.4, -0.2) is 41.7 Å². The molecule has 12 heteroatoms. The number of aliphatic hydroxyl groups excluding tert-OH is 1. The lowest BCUT2D eigenvalue weighted by Gasteiger charge is -2.16. The van der Waals surface area contributed by atoms with Gasteiger partial charge in [0.2, 0.25) is 5.79 Å². The van der Waals surface area contributed by atoms with Gasteiger partial charge in [-0.3, -0.25) is 9.20 Å². The van der Waals surface area contributed by atoms with E-state index in [9.17, 15) is 24.5 Å². The molecule has 1 aromatic carbocycles. The molecular weight excluding hydrogens is 484 g/mol. The fraction of sp³-hybridized carbons (Fsp3) is 0.261. The molecule has 0 radical (unpaired) electrons. The maximum atomic E-state index is 15.2. The predicted molar refractivity (Wildman–Crippen MR) is 125 cm³/mol. The minimum Gasteiger partial charge on any atom is -0.382 e. The Labute approximate surface area is 203 Å². The third kappa shape index (κ3) is 4.50. The van der Waals surface area contributed by atoms with Crippen molar-refractivity contribution in [2.45, 2.75) is 38.6 Å². The minimum atomic E-state index is -2.43. The Balaban J connectivity index is 1.74. The van der Waals surface area contributed by atoms with Crippen LogP contribution >= 0.6 is 11.6 Å². The summed E-state index contributed by atoms with van der Waals surface area (Å²) in [7, 11) is 0. The summed E-state index contributed by atoms with van der Waals surface area (Å²) in [5, 5.41) is 33.2. The van der Waals surface area contributed by atoms with Crippen molar-refractivity contribution >= 4 is 34.5 Å². The van der Waals surface area contributed by atoms with Crippen LogP contribution in [0.1, 0.15) is 31.3 Å². The van der Waals surface area contributed by atoms with Crippen LogP contribution in [0.25, 0.3) is 16.8 Å². The number of anilines is 2. The molecule has 0 bridgehead atoms. The average molecular weight is 506 g/mol. The van der Waals surface area contributed by atoms with Gasteiger partial charge in [0.15, 0.2) is 23.6 Å². The molecule has 35 heavy (non-hydrogen) atoms. The molecule has 2 aromatic heterocycles. The summed E-state index contributed by atoms with van der Waals surface area (Å²) >= 11 is 5.95. The first-order valence-corrected chi connectivity index (χ1v) is 10.9. The number of aryl methyl sites for hydroxylation is 1. The van der Waals surface area contributed by atoms with Crippen LogP contribution in [0.3, 0.4) is 0 Å². The van der Waals surface area contributed by atoms with E-state index in [2.05, 4.69) is 15.3 Å². The Bertz CT molecular complexity index is 1410. The molecule has 9 nitrogen and oxygen atoms in total. The van der Waals surface area contributed by atoms with Crippen LogP contribution in [-0.2, 0) is 10.6 Å². The van der Waals surface area contributed by atoms with Gasteiger partial charge in [0.1, 0.15) is 17.0 Å². The summed E-state index contributed by atoms with van der Waals surface area (Å²) in [5.41, 5.74) is 5.64. The number of nitrogens with two attached hydrogens (primary N) is 1. The molecule has 0 saturated heterocycles. The number of allylic oxidation sites excluding steroid dienone is 2. The van der Waals surface area contributed by atoms with Gasteiger partial charge in [-0.15, -0.1) is 0 Å². The van der Waals surface area contributed by atoms with Gasteiger partial charge >= 0.3 is 0 Å². The van der Waals surface area contributed by atoms with Gasteiger partial charge in [-0.2, -0.15) is 0 Å². The number of hydrogen-bond acceptors (Lipinski definition) is 7. The highest BCUT2D eigenvalue weighted by molar-refractivity contribution is 6.29. The van der Waals surface area contributed by atoms with Gasteiger partial charge in [0.25, 0.3) is 5.91 Å². The van der Waals surface area contributed by atoms with Crippen molar-refractivity contribution in [3.8, 4) is 11.3 Å². The zero-order chi connectivity index (χ0) is 25.7. The second-order valence-corrected chi connectivity index (χ2v) is 8.77. The highest BCUT2D eigenvalue weighted by atomic mass is 35.5. The number of imidazole rings is 1. The van der Waals surface area contributed by atoms with E-state index in [1.165, 1.54) is 16.7 Å². The zero-order valence-corrected chi connectivity index (χ0v) is 19.4. The van der Waals surface area contributed by atoms with Gasteiger partial charge in [-0.05, 0) is 50.5 Å². The number of carbonyl (C=O) groups excluding carboxylic acids is 1. The van der Waals surface area contributed by atoms with Crippen molar-refractivity contribution in [2.75, 3.05) is 11.1 Å². The Hall–Kier alpha value is -3.38. The number of carbonyl (C=O) groups is 1. The van der Waals surface area contributed by atoms with E-state index in [1.54, 1.807) is 13.0 Å². The normalized spacial score (nSPS) is 15.1. The first kappa shape index (κ1) is 24.7. The van der Waals surface area contributed by atoms with E-state index in [0.717, 1.165) is 19.1 Å². The second-order valence-electron chi connectivity index (χ2n) is 8.29. The first-order valence-electron chi connectivity index (χ1n) is 10.5. The molecule has 3 aromatic rings. The third-order valence-electron chi connectivity index (χ3n) is 5.53. The number of fused-ring (bicyclic) bond motifs is 1. The third-order valence-corrected chi connectivity index (χ3v) is 5.83. The number of amides is 1. The lowest BCUT2D eigenvalue weighted by Crippen LogP contribution is -2.30. The summed E-state index contributed by atoms with van der Waals surface area (Å²) in [4.78, 5) is 20.6. The van der Waals surface area contributed by atoms with E-state index in [-0.39, 0.29) is 34.0 Å². The number of nitrogen functional groups attached to an aromatic ring is 1. The van der Waals surface area contributed by atoms with E-state index in [0.29, 0.717) is 23.6 Å². The van der Waals surface area contributed by atoms with Crippen LogP contribution in [0.4, 0.5) is 20.3 Å². The maximum Gasteiger partial charge on any atom is 0.257 e. The molecule has 4 rings (SSSR count). The SMILES string of the molecule is Cc1cnc(N)c2c(-c3ccc(NC(=O)C(O)C4=CCCC(Cl)=C4)c(F)c3F)nc(C(C)(O)O)n12. The average Bonchev–Trinajstić information content (AvgIpc) is 3.21. The molecule has 1 aliphatic rings. The Kier molecular flexibility index (Phi) is 6.36. The van der Waals surface area contributed by atoms with Crippen LogP contribution in [0.15, 0.2) is 41.1 Å². The lowest BCUT2D eigenvalue weighted by molar-refractivity contribution is -0.159. The quantitative estimate of drug-likeness (QED) is 0.335. The van der Waals surface area contributed by atoms with E-state index in [1.807, 2.05) is 0 Å². The van der Waals surface area contributed by atoms with Crippen molar-refractivity contribution in [1.82, 2.24) is 14.4 Å². The molecule has 1 aliphatic carbocycles. The fourth-order valence-electron chi connectivity index (χ4n) is 3.85. The van der Waals surface area contributed by atoms with Crippen LogP contribution in [0.5, 0.6) is 0 Å². The van der Waals surface area contributed by atoms with Crippen LogP contribution in [0, 0.1) is 18.6 Å². The topological polar surface area (TPSA) is 146 Å². The van der Waals surface area contributed by atoms with Gasteiger partial charge in [-0.1, -0.05) is 17.7 Å². The molecular formula is C23H22ClF2N5O4. The van der Waals surface area contributed by atoms with Gasteiger partial charge in [0, 0.05) is 22.5 Å². The lowest BCUT2D eigenvalue weighted by atomic mass is 10.0. The van der Waals surface area contributed by atoms with Crippen molar-refractivity contribution < 1.29 is 28.9 Å². The Morgan fingerprint density at radius 3 is 2.69 bits per heavy atom.